The van der Waals surface area contributed by atoms with Crippen LogP contribution in [0, 0.1) is 0 Å². The van der Waals surface area contributed by atoms with Crippen LogP contribution in [0.5, 0.6) is 0 Å². The number of isothiocyanates is 1. The van der Waals surface area contributed by atoms with Gasteiger partial charge >= 0.3 is 29.6 Å². The van der Waals surface area contributed by atoms with Gasteiger partial charge in [0, 0.05) is 0 Å². The second-order valence-corrected chi connectivity index (χ2v) is 5.84. The Morgan fingerprint density at radius 1 is 1.00 bits per heavy atom. The molecule has 2 N–H and O–H groups in total. The summed E-state index contributed by atoms with van der Waals surface area (Å²) >= 11 is 4.27. The molecule has 0 aliphatic carbocycles. The zero-order chi connectivity index (χ0) is 13.3. The molecular weight excluding hydrogens is 313 g/mol. The molecule has 0 amide bonds. The molecule has 18 heavy (non-hydrogen) atoms. The second-order valence-electron chi connectivity index (χ2n) is 2.82. The first-order valence-electron chi connectivity index (χ1n) is 3.82. The van der Waals surface area contributed by atoms with E-state index in [0.717, 1.165) is 12.1 Å². The SMILES string of the molecule is O=S(=O)(O)c1cc(N=C=S)cc(S(=O)(=O)O)c1.[Na+]. The van der Waals surface area contributed by atoms with Crippen molar-refractivity contribution < 1.29 is 55.5 Å². The van der Waals surface area contributed by atoms with Crippen LogP contribution < -0.4 is 29.6 Å². The van der Waals surface area contributed by atoms with Crippen LogP contribution >= 0.6 is 12.2 Å². The van der Waals surface area contributed by atoms with Crippen LogP contribution in [0.4, 0.5) is 5.69 Å². The Morgan fingerprint density at radius 2 is 1.39 bits per heavy atom. The first kappa shape index (κ1) is 17.8. The van der Waals surface area contributed by atoms with Crippen molar-refractivity contribution in [2.75, 3.05) is 0 Å². The minimum absolute atomic E-state index is 0. The number of benzene rings is 1. The van der Waals surface area contributed by atoms with Gasteiger partial charge in [-0.1, -0.05) is 0 Å². The van der Waals surface area contributed by atoms with Crippen LogP contribution in [0.25, 0.3) is 0 Å². The third-order valence-electron chi connectivity index (χ3n) is 1.64. The molecule has 0 unspecified atom stereocenters. The summed E-state index contributed by atoms with van der Waals surface area (Å²) in [6.45, 7) is 0. The van der Waals surface area contributed by atoms with Crippen LogP contribution in [0.1, 0.15) is 0 Å². The molecule has 1 rings (SSSR count). The van der Waals surface area contributed by atoms with E-state index in [1.165, 1.54) is 0 Å². The molecule has 0 aliphatic rings. The molecule has 0 aromatic heterocycles. The minimum atomic E-state index is -4.62. The second kappa shape index (κ2) is 6.33. The Balaban J connectivity index is 0.00000289. The Hall–Kier alpha value is -0.160. The Bertz CT molecular complexity index is 654. The van der Waals surface area contributed by atoms with Gasteiger partial charge in [-0.2, -0.15) is 21.8 Å². The number of nitrogens with zero attached hydrogens (tertiary/aromatic N) is 1. The summed E-state index contributed by atoms with van der Waals surface area (Å²) in [4.78, 5) is 1.92. The summed E-state index contributed by atoms with van der Waals surface area (Å²) in [6, 6.07) is 2.35. The van der Waals surface area contributed by atoms with Crippen molar-refractivity contribution in [3.05, 3.63) is 18.2 Å². The summed E-state index contributed by atoms with van der Waals surface area (Å²) < 4.78 is 61.0. The van der Waals surface area contributed by atoms with E-state index in [-0.39, 0.29) is 35.2 Å². The van der Waals surface area contributed by atoms with E-state index in [1.54, 1.807) is 0 Å². The number of rotatable bonds is 3. The summed E-state index contributed by atoms with van der Waals surface area (Å²) in [6.07, 6.45) is 0. The Kier molecular flexibility index (Phi) is 6.27. The van der Waals surface area contributed by atoms with Gasteiger partial charge in [-0.25, -0.2) is 0 Å². The van der Waals surface area contributed by atoms with Gasteiger partial charge < -0.3 is 0 Å². The molecule has 0 saturated heterocycles. The van der Waals surface area contributed by atoms with Gasteiger partial charge in [-0.15, -0.1) is 0 Å². The van der Waals surface area contributed by atoms with Crippen LogP contribution in [0.15, 0.2) is 33.0 Å². The quantitative estimate of drug-likeness (QED) is 0.284. The maximum atomic E-state index is 10.9. The topological polar surface area (TPSA) is 121 Å². The molecule has 0 aliphatic heterocycles. The smallest absolute Gasteiger partial charge is 0.282 e. The predicted octanol–water partition coefficient (Wildman–Crippen LogP) is -2.08. The molecule has 7 nitrogen and oxygen atoms in total. The minimum Gasteiger partial charge on any atom is -0.282 e. The summed E-state index contributed by atoms with van der Waals surface area (Å²) in [5.74, 6) is 0. The molecule has 0 fully saturated rings. The van der Waals surface area contributed by atoms with Crippen LogP contribution in [0.3, 0.4) is 0 Å². The first-order chi connectivity index (χ1) is 7.64. The van der Waals surface area contributed by atoms with Gasteiger partial charge in [-0.3, -0.25) is 9.11 Å². The Labute approximate surface area is 131 Å². The molecule has 0 radical (unpaired) electrons. The van der Waals surface area contributed by atoms with Crippen LogP contribution in [-0.4, -0.2) is 31.1 Å². The van der Waals surface area contributed by atoms with E-state index in [1.807, 2.05) is 5.16 Å². The fourth-order valence-corrected chi connectivity index (χ4v) is 2.24. The molecule has 0 atom stereocenters. The van der Waals surface area contributed by atoms with Crippen LogP contribution in [0.2, 0.25) is 0 Å². The molecule has 0 saturated carbocycles. The standard InChI is InChI=1S/C7H5NO6S3.Na/c9-16(10,11)6-1-5(8-4-15)2-7(3-6)17(12,13)14;/h1-3H,(H,9,10,11)(H,12,13,14);/q;+1. The number of hydrogen-bond acceptors (Lipinski definition) is 6. The van der Waals surface area contributed by atoms with E-state index < -0.39 is 30.0 Å². The van der Waals surface area contributed by atoms with Gasteiger partial charge in [0.25, 0.3) is 20.2 Å². The molecule has 11 heteroatoms. The molecular formula is C7H5NNaO6S3+. The van der Waals surface area contributed by atoms with Crippen molar-refractivity contribution in [1.29, 1.82) is 0 Å². The van der Waals surface area contributed by atoms with Crippen molar-refractivity contribution >= 4 is 43.3 Å². The summed E-state index contributed by atoms with van der Waals surface area (Å²) in [5.41, 5.74) is -0.178. The van der Waals surface area contributed by atoms with Gasteiger partial charge in [0.2, 0.25) is 0 Å². The third-order valence-corrected chi connectivity index (χ3v) is 3.39. The predicted molar refractivity (Wildman–Crippen MR) is 60.8 cm³/mol. The molecule has 0 bridgehead atoms. The van der Waals surface area contributed by atoms with E-state index in [0.29, 0.717) is 6.07 Å². The van der Waals surface area contributed by atoms with Crippen LogP contribution in [-0.2, 0) is 20.2 Å². The number of thiocarbonyl (C=S) groups is 1. The van der Waals surface area contributed by atoms with Crippen molar-refractivity contribution in [1.82, 2.24) is 0 Å². The van der Waals surface area contributed by atoms with Crippen molar-refractivity contribution in [2.45, 2.75) is 9.79 Å². The molecule has 0 spiro atoms. The monoisotopic (exact) mass is 318 g/mol. The molecule has 92 valence electrons. The Morgan fingerprint density at radius 3 is 1.67 bits per heavy atom. The van der Waals surface area contributed by atoms with Gasteiger partial charge in [0.15, 0.2) is 0 Å². The molecule has 1 aromatic carbocycles. The first-order valence-corrected chi connectivity index (χ1v) is 7.11. The molecule has 0 heterocycles. The van der Waals surface area contributed by atoms with Crippen molar-refractivity contribution in [2.24, 2.45) is 4.99 Å². The van der Waals surface area contributed by atoms with E-state index in [9.17, 15) is 16.8 Å². The van der Waals surface area contributed by atoms with E-state index in [2.05, 4.69) is 17.2 Å². The third kappa shape index (κ3) is 4.84. The summed E-state index contributed by atoms with van der Waals surface area (Å²) in [7, 11) is -9.25. The van der Waals surface area contributed by atoms with Gasteiger partial charge in [0.05, 0.1) is 20.6 Å². The average Bonchev–Trinajstić information content (AvgIpc) is 2.15. The average molecular weight is 318 g/mol. The largest absolute Gasteiger partial charge is 1.00 e. The molecule has 1 aromatic rings. The fourth-order valence-electron chi connectivity index (χ4n) is 0.972. The van der Waals surface area contributed by atoms with Crippen molar-refractivity contribution in [3.63, 3.8) is 0 Å². The summed E-state index contributed by atoms with van der Waals surface area (Å²) in [5, 5.41) is 1.90. The number of aliphatic imine (C=N–C) groups is 1. The fraction of sp³-hybridized carbons (Fsp3) is 0. The maximum Gasteiger partial charge on any atom is 1.00 e. The zero-order valence-electron chi connectivity index (χ0n) is 8.93. The van der Waals surface area contributed by atoms with Gasteiger partial charge in [-0.05, 0) is 30.4 Å². The zero-order valence-corrected chi connectivity index (χ0v) is 13.4. The van der Waals surface area contributed by atoms with E-state index in [4.69, 9.17) is 9.11 Å². The normalized spacial score (nSPS) is 11.2. The van der Waals surface area contributed by atoms with Crippen molar-refractivity contribution in [3.8, 4) is 0 Å². The number of hydrogen-bond donors (Lipinski definition) is 2. The maximum absolute atomic E-state index is 10.9. The van der Waals surface area contributed by atoms with Gasteiger partial charge in [0.1, 0.15) is 0 Å². The van der Waals surface area contributed by atoms with E-state index >= 15 is 0 Å².